The maximum absolute atomic E-state index is 13.6. The maximum Gasteiger partial charge on any atom is 0.190 e. The quantitative estimate of drug-likeness (QED) is 0.796. The Labute approximate surface area is 112 Å². The third kappa shape index (κ3) is 2.41. The molecule has 20 heavy (non-hydrogen) atoms. The monoisotopic (exact) mass is 286 g/mol. The van der Waals surface area contributed by atoms with Crippen LogP contribution in [-0.4, -0.2) is 14.2 Å². The summed E-state index contributed by atoms with van der Waals surface area (Å²) >= 11 is 0. The lowest BCUT2D eigenvalue weighted by Gasteiger charge is -2.09. The molecule has 0 unspecified atom stereocenters. The molecule has 0 radical (unpaired) electrons. The molecule has 0 spiro atoms. The normalized spacial score (nSPS) is 10.5. The predicted molar refractivity (Wildman–Crippen MR) is 64.8 cm³/mol. The molecule has 0 aromatic heterocycles. The second-order valence-electron chi connectivity index (χ2n) is 3.95. The molecule has 0 amide bonds. The zero-order valence-electron chi connectivity index (χ0n) is 10.6. The van der Waals surface area contributed by atoms with Crippen LogP contribution in [0.25, 0.3) is 11.1 Å². The van der Waals surface area contributed by atoms with Gasteiger partial charge in [0.15, 0.2) is 34.8 Å². The molecule has 0 heterocycles. The molecule has 6 heteroatoms. The highest BCUT2D eigenvalue weighted by molar-refractivity contribution is 5.66. The molecule has 2 rings (SSSR count). The van der Waals surface area contributed by atoms with Crippen LogP contribution in [-0.2, 0) is 0 Å². The number of benzene rings is 2. The smallest absolute Gasteiger partial charge is 0.190 e. The first-order chi connectivity index (χ1) is 9.47. The summed E-state index contributed by atoms with van der Waals surface area (Å²) in [6.07, 6.45) is 0. The topological polar surface area (TPSA) is 18.5 Å². The maximum atomic E-state index is 13.6. The summed E-state index contributed by atoms with van der Waals surface area (Å²) < 4.78 is 63.3. The number of ether oxygens (including phenoxy) is 2. The fourth-order valence-corrected chi connectivity index (χ4v) is 1.84. The minimum absolute atomic E-state index is 0.0127. The van der Waals surface area contributed by atoms with Gasteiger partial charge in [-0.15, -0.1) is 0 Å². The van der Waals surface area contributed by atoms with E-state index in [0.29, 0.717) is 0 Å². The average molecular weight is 286 g/mol. The molecule has 0 aliphatic rings. The van der Waals surface area contributed by atoms with Gasteiger partial charge in [0.1, 0.15) is 0 Å². The summed E-state index contributed by atoms with van der Waals surface area (Å²) in [5, 5.41) is 0. The molecule has 0 fully saturated rings. The molecular weight excluding hydrogens is 276 g/mol. The third-order valence-electron chi connectivity index (χ3n) is 2.74. The van der Waals surface area contributed by atoms with Gasteiger partial charge >= 0.3 is 0 Å². The van der Waals surface area contributed by atoms with Crippen LogP contribution >= 0.6 is 0 Å². The average Bonchev–Trinajstić information content (AvgIpc) is 2.37. The standard InChI is InChI=1S/C14H10F4O2/c1-19-13-9(15)3-7(4-10(13)16)8-5-11(17)14(20-2)12(18)6-8/h3-6H,1-2H3. The molecule has 0 atom stereocenters. The van der Waals surface area contributed by atoms with Crippen molar-refractivity contribution in [3.63, 3.8) is 0 Å². The van der Waals surface area contributed by atoms with E-state index in [1.165, 1.54) is 0 Å². The SMILES string of the molecule is COc1c(F)cc(-c2cc(F)c(OC)c(F)c2)cc1F. The number of hydrogen-bond donors (Lipinski definition) is 0. The van der Waals surface area contributed by atoms with E-state index >= 15 is 0 Å². The van der Waals surface area contributed by atoms with Crippen molar-refractivity contribution in [1.29, 1.82) is 0 Å². The molecule has 0 bridgehead atoms. The number of methoxy groups -OCH3 is 2. The van der Waals surface area contributed by atoms with Gasteiger partial charge in [-0.3, -0.25) is 0 Å². The van der Waals surface area contributed by atoms with E-state index in [0.717, 1.165) is 38.5 Å². The van der Waals surface area contributed by atoms with E-state index in [1.807, 2.05) is 0 Å². The lowest BCUT2D eigenvalue weighted by atomic mass is 10.0. The van der Waals surface area contributed by atoms with Gasteiger partial charge in [-0.2, -0.15) is 0 Å². The first-order valence-electron chi connectivity index (χ1n) is 5.54. The van der Waals surface area contributed by atoms with Crippen molar-refractivity contribution in [3.05, 3.63) is 47.5 Å². The van der Waals surface area contributed by atoms with Crippen molar-refractivity contribution < 1.29 is 27.0 Å². The highest BCUT2D eigenvalue weighted by Gasteiger charge is 2.16. The van der Waals surface area contributed by atoms with Crippen LogP contribution in [0.1, 0.15) is 0 Å². The summed E-state index contributed by atoms with van der Waals surface area (Å²) in [6.45, 7) is 0. The molecule has 0 saturated heterocycles. The zero-order valence-corrected chi connectivity index (χ0v) is 10.6. The molecule has 0 saturated carbocycles. The Bertz CT molecular complexity index is 552. The van der Waals surface area contributed by atoms with E-state index in [-0.39, 0.29) is 11.1 Å². The van der Waals surface area contributed by atoms with Crippen LogP contribution in [0.5, 0.6) is 11.5 Å². The first kappa shape index (κ1) is 14.2. The summed E-state index contributed by atoms with van der Waals surface area (Å²) in [5.41, 5.74) is -0.0255. The van der Waals surface area contributed by atoms with Gasteiger partial charge in [-0.1, -0.05) is 0 Å². The van der Waals surface area contributed by atoms with Crippen molar-refractivity contribution in [2.75, 3.05) is 14.2 Å². The number of hydrogen-bond acceptors (Lipinski definition) is 2. The summed E-state index contributed by atoms with van der Waals surface area (Å²) in [5.74, 6) is -4.94. The molecule has 0 N–H and O–H groups in total. The summed E-state index contributed by atoms with van der Waals surface area (Å²) in [4.78, 5) is 0. The molecule has 2 nitrogen and oxygen atoms in total. The lowest BCUT2D eigenvalue weighted by molar-refractivity contribution is 0.359. The highest BCUT2D eigenvalue weighted by Crippen LogP contribution is 2.32. The number of halogens is 4. The van der Waals surface area contributed by atoms with Crippen LogP contribution in [0.15, 0.2) is 24.3 Å². The van der Waals surface area contributed by atoms with Crippen LogP contribution in [0.3, 0.4) is 0 Å². The van der Waals surface area contributed by atoms with Gasteiger partial charge in [0.05, 0.1) is 14.2 Å². The molecule has 0 aliphatic heterocycles. The zero-order chi connectivity index (χ0) is 14.9. The van der Waals surface area contributed by atoms with Crippen LogP contribution in [0, 0.1) is 23.3 Å². The van der Waals surface area contributed by atoms with Crippen molar-refractivity contribution in [1.82, 2.24) is 0 Å². The van der Waals surface area contributed by atoms with Crippen LogP contribution in [0.2, 0.25) is 0 Å². The predicted octanol–water partition coefficient (Wildman–Crippen LogP) is 3.93. The third-order valence-corrected chi connectivity index (χ3v) is 2.74. The van der Waals surface area contributed by atoms with Crippen molar-refractivity contribution >= 4 is 0 Å². The fraction of sp³-hybridized carbons (Fsp3) is 0.143. The Kier molecular flexibility index (Phi) is 3.83. The lowest BCUT2D eigenvalue weighted by Crippen LogP contribution is -1.96. The van der Waals surface area contributed by atoms with Crippen molar-refractivity contribution in [2.45, 2.75) is 0 Å². The molecule has 0 aliphatic carbocycles. The second-order valence-corrected chi connectivity index (χ2v) is 3.95. The Morgan fingerprint density at radius 3 is 1.05 bits per heavy atom. The summed E-state index contributed by atoms with van der Waals surface area (Å²) in [6, 6.07) is 3.73. The van der Waals surface area contributed by atoms with Gasteiger partial charge in [0.2, 0.25) is 0 Å². The highest BCUT2D eigenvalue weighted by atomic mass is 19.1. The molecule has 106 valence electrons. The van der Waals surface area contributed by atoms with E-state index in [4.69, 9.17) is 0 Å². The van der Waals surface area contributed by atoms with Gasteiger partial charge in [-0.05, 0) is 35.4 Å². The Morgan fingerprint density at radius 1 is 0.600 bits per heavy atom. The van der Waals surface area contributed by atoms with E-state index < -0.39 is 34.8 Å². The molecular formula is C14H10F4O2. The fourth-order valence-electron chi connectivity index (χ4n) is 1.84. The molecule has 2 aromatic rings. The van der Waals surface area contributed by atoms with Crippen molar-refractivity contribution in [3.8, 4) is 22.6 Å². The summed E-state index contributed by atoms with van der Waals surface area (Å²) in [7, 11) is 2.24. The number of rotatable bonds is 3. The van der Waals surface area contributed by atoms with Gasteiger partial charge in [-0.25, -0.2) is 17.6 Å². The Morgan fingerprint density at radius 2 is 0.850 bits per heavy atom. The van der Waals surface area contributed by atoms with Gasteiger partial charge in [0, 0.05) is 0 Å². The Hall–Kier alpha value is -2.24. The van der Waals surface area contributed by atoms with E-state index in [1.54, 1.807) is 0 Å². The minimum Gasteiger partial charge on any atom is -0.491 e. The van der Waals surface area contributed by atoms with Crippen LogP contribution < -0.4 is 9.47 Å². The first-order valence-corrected chi connectivity index (χ1v) is 5.54. The largest absolute Gasteiger partial charge is 0.491 e. The minimum atomic E-state index is -0.959. The van der Waals surface area contributed by atoms with Gasteiger partial charge < -0.3 is 9.47 Å². The van der Waals surface area contributed by atoms with E-state index in [2.05, 4.69) is 9.47 Å². The Balaban J connectivity index is 2.58. The second kappa shape index (κ2) is 5.40. The van der Waals surface area contributed by atoms with Gasteiger partial charge in [0.25, 0.3) is 0 Å². The molecule has 2 aromatic carbocycles. The van der Waals surface area contributed by atoms with Crippen LogP contribution in [0.4, 0.5) is 17.6 Å². The van der Waals surface area contributed by atoms with E-state index in [9.17, 15) is 17.6 Å². The van der Waals surface area contributed by atoms with Crippen molar-refractivity contribution in [2.24, 2.45) is 0 Å².